The Morgan fingerprint density at radius 2 is 1.74 bits per heavy atom. The van der Waals surface area contributed by atoms with Gasteiger partial charge in [-0.2, -0.15) is 0 Å². The number of fused-ring (bicyclic) bond motifs is 1. The number of benzene rings is 3. The van der Waals surface area contributed by atoms with Crippen molar-refractivity contribution < 1.29 is 9.53 Å². The highest BCUT2D eigenvalue weighted by Crippen LogP contribution is 2.22. The molecular weight excluding hydrogens is 386 g/mol. The van der Waals surface area contributed by atoms with Crippen LogP contribution >= 0.6 is 0 Å². The molecule has 0 fully saturated rings. The molecule has 0 aliphatic rings. The van der Waals surface area contributed by atoms with E-state index in [4.69, 9.17) is 9.72 Å². The lowest BCUT2D eigenvalue weighted by Gasteiger charge is -2.19. The van der Waals surface area contributed by atoms with Crippen molar-refractivity contribution in [2.45, 2.75) is 33.5 Å². The van der Waals surface area contributed by atoms with Gasteiger partial charge in [0.2, 0.25) is 5.91 Å². The number of ether oxygens (including phenoxy) is 1. The lowest BCUT2D eigenvalue weighted by molar-refractivity contribution is -0.131. The van der Waals surface area contributed by atoms with Gasteiger partial charge in [-0.25, -0.2) is 4.98 Å². The average molecular weight is 414 g/mol. The summed E-state index contributed by atoms with van der Waals surface area (Å²) in [6.07, 6.45) is 0. The summed E-state index contributed by atoms with van der Waals surface area (Å²) in [7, 11) is 1.83. The van der Waals surface area contributed by atoms with Crippen molar-refractivity contribution in [3.05, 3.63) is 95.3 Å². The molecule has 5 heteroatoms. The Labute approximate surface area is 182 Å². The Kier molecular flexibility index (Phi) is 6.03. The molecule has 0 atom stereocenters. The SMILES string of the molecule is Cc1ccc(C)c(OCc2nc3ccccc3n2CC(=O)N(C)Cc2ccccc2)c1. The summed E-state index contributed by atoms with van der Waals surface area (Å²) in [4.78, 5) is 19.5. The Morgan fingerprint density at radius 3 is 2.55 bits per heavy atom. The first-order valence-electron chi connectivity index (χ1n) is 10.4. The Bertz CT molecular complexity index is 1200. The van der Waals surface area contributed by atoms with Crippen LogP contribution in [-0.2, 0) is 24.5 Å². The number of rotatable bonds is 7. The molecule has 4 rings (SSSR count). The van der Waals surface area contributed by atoms with Crippen LogP contribution in [0.3, 0.4) is 0 Å². The van der Waals surface area contributed by atoms with Crippen LogP contribution in [0.4, 0.5) is 0 Å². The highest BCUT2D eigenvalue weighted by atomic mass is 16.5. The van der Waals surface area contributed by atoms with Gasteiger partial charge in [-0.3, -0.25) is 4.79 Å². The van der Waals surface area contributed by atoms with Crippen LogP contribution in [0.2, 0.25) is 0 Å². The van der Waals surface area contributed by atoms with Crippen LogP contribution in [0.1, 0.15) is 22.5 Å². The van der Waals surface area contributed by atoms with Crippen LogP contribution in [0.25, 0.3) is 11.0 Å². The van der Waals surface area contributed by atoms with Crippen molar-refractivity contribution >= 4 is 16.9 Å². The van der Waals surface area contributed by atoms with E-state index in [-0.39, 0.29) is 12.5 Å². The molecule has 0 spiro atoms. The largest absolute Gasteiger partial charge is 0.485 e. The first-order chi connectivity index (χ1) is 15.0. The third-order valence-electron chi connectivity index (χ3n) is 5.42. The van der Waals surface area contributed by atoms with Crippen molar-refractivity contribution in [3.63, 3.8) is 0 Å². The van der Waals surface area contributed by atoms with E-state index in [0.29, 0.717) is 13.2 Å². The molecule has 31 heavy (non-hydrogen) atoms. The maximum atomic E-state index is 13.0. The quantitative estimate of drug-likeness (QED) is 0.433. The molecular formula is C26H27N3O2. The van der Waals surface area contributed by atoms with Gasteiger partial charge in [0.05, 0.1) is 11.0 Å². The van der Waals surface area contributed by atoms with Crippen molar-refractivity contribution in [2.24, 2.45) is 0 Å². The fourth-order valence-electron chi connectivity index (χ4n) is 3.62. The second-order valence-corrected chi connectivity index (χ2v) is 7.90. The number of para-hydroxylation sites is 2. The molecule has 0 N–H and O–H groups in total. The number of hydrogen-bond acceptors (Lipinski definition) is 3. The second kappa shape index (κ2) is 9.04. The zero-order chi connectivity index (χ0) is 21.8. The summed E-state index contributed by atoms with van der Waals surface area (Å²) in [5, 5.41) is 0. The topological polar surface area (TPSA) is 47.4 Å². The predicted molar refractivity (Wildman–Crippen MR) is 123 cm³/mol. The minimum absolute atomic E-state index is 0.0278. The molecule has 158 valence electrons. The third-order valence-corrected chi connectivity index (χ3v) is 5.42. The molecule has 0 saturated carbocycles. The van der Waals surface area contributed by atoms with E-state index in [1.54, 1.807) is 4.90 Å². The number of carbonyl (C=O) groups excluding carboxylic acids is 1. The van der Waals surface area contributed by atoms with E-state index in [1.807, 2.05) is 86.1 Å². The summed E-state index contributed by atoms with van der Waals surface area (Å²) >= 11 is 0. The van der Waals surface area contributed by atoms with Crippen molar-refractivity contribution in [3.8, 4) is 5.75 Å². The third kappa shape index (κ3) is 4.77. The van der Waals surface area contributed by atoms with Gasteiger partial charge in [0.25, 0.3) is 0 Å². The van der Waals surface area contributed by atoms with E-state index in [2.05, 4.69) is 12.1 Å². The molecule has 0 bridgehead atoms. The molecule has 1 heterocycles. The highest BCUT2D eigenvalue weighted by Gasteiger charge is 2.17. The molecule has 0 aliphatic heterocycles. The van der Waals surface area contributed by atoms with Crippen LogP contribution < -0.4 is 4.74 Å². The number of aromatic nitrogens is 2. The summed E-state index contributed by atoms with van der Waals surface area (Å²) in [5.41, 5.74) is 5.12. The number of aryl methyl sites for hydroxylation is 2. The van der Waals surface area contributed by atoms with Crippen LogP contribution in [0.15, 0.2) is 72.8 Å². The van der Waals surface area contributed by atoms with Gasteiger partial charge in [-0.05, 0) is 48.7 Å². The Balaban J connectivity index is 1.56. The van der Waals surface area contributed by atoms with Crippen molar-refractivity contribution in [1.29, 1.82) is 0 Å². The monoisotopic (exact) mass is 413 g/mol. The predicted octanol–water partition coefficient (Wildman–Crippen LogP) is 4.89. The zero-order valence-electron chi connectivity index (χ0n) is 18.2. The van der Waals surface area contributed by atoms with Gasteiger partial charge in [0.1, 0.15) is 24.7 Å². The fraction of sp³-hybridized carbons (Fsp3) is 0.231. The van der Waals surface area contributed by atoms with Crippen LogP contribution in [0.5, 0.6) is 5.75 Å². The molecule has 0 aliphatic carbocycles. The number of amides is 1. The van der Waals surface area contributed by atoms with Gasteiger partial charge in [-0.1, -0.05) is 54.6 Å². The van der Waals surface area contributed by atoms with E-state index in [1.165, 1.54) is 0 Å². The second-order valence-electron chi connectivity index (χ2n) is 7.90. The van der Waals surface area contributed by atoms with Crippen LogP contribution in [-0.4, -0.2) is 27.4 Å². The lowest BCUT2D eigenvalue weighted by atomic mass is 10.1. The van der Waals surface area contributed by atoms with E-state index in [9.17, 15) is 4.79 Å². The van der Waals surface area contributed by atoms with Crippen LogP contribution in [0, 0.1) is 13.8 Å². The molecule has 0 saturated heterocycles. The van der Waals surface area contributed by atoms with Crippen molar-refractivity contribution in [2.75, 3.05) is 7.05 Å². The normalized spacial score (nSPS) is 10.9. The number of carbonyl (C=O) groups is 1. The summed E-state index contributed by atoms with van der Waals surface area (Å²) < 4.78 is 8.07. The molecule has 0 radical (unpaired) electrons. The highest BCUT2D eigenvalue weighted by molar-refractivity contribution is 5.81. The summed E-state index contributed by atoms with van der Waals surface area (Å²) in [5.74, 6) is 1.61. The van der Waals surface area contributed by atoms with E-state index >= 15 is 0 Å². The minimum atomic E-state index is 0.0278. The Morgan fingerprint density at radius 1 is 1.00 bits per heavy atom. The molecule has 1 aromatic heterocycles. The van der Waals surface area contributed by atoms with Gasteiger partial charge in [-0.15, -0.1) is 0 Å². The van der Waals surface area contributed by atoms with Gasteiger partial charge < -0.3 is 14.2 Å². The number of nitrogens with zero attached hydrogens (tertiary/aromatic N) is 3. The molecule has 5 nitrogen and oxygen atoms in total. The average Bonchev–Trinajstić information content (AvgIpc) is 3.12. The Hall–Kier alpha value is -3.60. The maximum absolute atomic E-state index is 13.0. The molecule has 0 unspecified atom stereocenters. The number of hydrogen-bond donors (Lipinski definition) is 0. The van der Waals surface area contributed by atoms with E-state index in [0.717, 1.165) is 39.3 Å². The lowest BCUT2D eigenvalue weighted by Crippen LogP contribution is -2.30. The van der Waals surface area contributed by atoms with Gasteiger partial charge in [0, 0.05) is 13.6 Å². The fourth-order valence-corrected chi connectivity index (χ4v) is 3.62. The first-order valence-corrected chi connectivity index (χ1v) is 10.4. The maximum Gasteiger partial charge on any atom is 0.242 e. The van der Waals surface area contributed by atoms with E-state index < -0.39 is 0 Å². The van der Waals surface area contributed by atoms with Gasteiger partial charge in [0.15, 0.2) is 0 Å². The number of likely N-dealkylation sites (N-methyl/N-ethyl adjacent to an activating group) is 1. The standard InChI is InChI=1S/C26H27N3O2/c1-19-13-14-20(2)24(15-19)31-18-25-27-22-11-7-8-12-23(22)29(25)17-26(30)28(3)16-21-9-5-4-6-10-21/h4-15H,16-18H2,1-3H3. The van der Waals surface area contributed by atoms with Crippen molar-refractivity contribution in [1.82, 2.24) is 14.5 Å². The molecule has 1 amide bonds. The smallest absolute Gasteiger partial charge is 0.242 e. The summed E-state index contributed by atoms with van der Waals surface area (Å²) in [6, 6.07) is 24.0. The van der Waals surface area contributed by atoms with Gasteiger partial charge >= 0.3 is 0 Å². The first kappa shape index (κ1) is 20.7. The minimum Gasteiger partial charge on any atom is -0.485 e. The number of imidazole rings is 1. The summed E-state index contributed by atoms with van der Waals surface area (Å²) in [6.45, 7) is 5.16. The molecule has 3 aromatic carbocycles. The zero-order valence-corrected chi connectivity index (χ0v) is 18.2. The molecule has 4 aromatic rings.